The maximum absolute atomic E-state index is 12.4. The van der Waals surface area contributed by atoms with Crippen LogP contribution in [0.2, 0.25) is 5.02 Å². The number of ether oxygens (including phenoxy) is 2. The molecular weight excluding hydrogens is 374 g/mol. The van der Waals surface area contributed by atoms with Gasteiger partial charge in [-0.05, 0) is 24.6 Å². The molecule has 146 valence electrons. The van der Waals surface area contributed by atoms with E-state index in [2.05, 4.69) is 10.4 Å². The van der Waals surface area contributed by atoms with Gasteiger partial charge in [0.25, 0.3) is 5.56 Å². The van der Waals surface area contributed by atoms with Crippen molar-refractivity contribution in [2.75, 3.05) is 25.6 Å². The number of carboxylic acids is 1. The van der Waals surface area contributed by atoms with E-state index in [-0.39, 0.29) is 37.2 Å². The van der Waals surface area contributed by atoms with Crippen LogP contribution in [0.25, 0.3) is 0 Å². The number of halogens is 1. The molecule has 0 bridgehead atoms. The molecule has 0 amide bonds. The number of aromatic nitrogens is 2. The second-order valence-corrected chi connectivity index (χ2v) is 6.33. The lowest BCUT2D eigenvalue weighted by molar-refractivity contribution is -0.138. The Hall–Kier alpha value is -2.58. The molecule has 1 heterocycles. The molecule has 0 aliphatic carbocycles. The molecule has 2 N–H and O–H groups in total. The Morgan fingerprint density at radius 3 is 2.70 bits per heavy atom. The van der Waals surface area contributed by atoms with Crippen LogP contribution in [-0.4, -0.2) is 47.2 Å². The molecule has 2 aromatic rings. The third-order valence-corrected chi connectivity index (χ3v) is 4.07. The monoisotopic (exact) mass is 395 g/mol. The van der Waals surface area contributed by atoms with Gasteiger partial charge in [0.15, 0.2) is 0 Å². The number of hydrogen-bond acceptors (Lipinski definition) is 6. The Balaban J connectivity index is 1.98. The predicted octanol–water partition coefficient (Wildman–Crippen LogP) is 2.25. The highest BCUT2D eigenvalue weighted by Gasteiger charge is 2.12. The summed E-state index contributed by atoms with van der Waals surface area (Å²) in [5, 5.41) is 15.8. The van der Waals surface area contributed by atoms with Crippen molar-refractivity contribution in [2.45, 2.75) is 25.9 Å². The molecule has 0 radical (unpaired) electrons. The van der Waals surface area contributed by atoms with E-state index < -0.39 is 11.5 Å². The topological polar surface area (TPSA) is 103 Å². The van der Waals surface area contributed by atoms with Crippen LogP contribution in [0.4, 0.5) is 5.69 Å². The van der Waals surface area contributed by atoms with E-state index >= 15 is 0 Å². The van der Waals surface area contributed by atoms with E-state index in [1.54, 1.807) is 7.11 Å². The van der Waals surface area contributed by atoms with E-state index in [9.17, 15) is 9.59 Å². The van der Waals surface area contributed by atoms with Gasteiger partial charge >= 0.3 is 5.97 Å². The summed E-state index contributed by atoms with van der Waals surface area (Å²) in [7, 11) is 1.59. The van der Waals surface area contributed by atoms with Gasteiger partial charge in [0.1, 0.15) is 10.8 Å². The second-order valence-electron chi connectivity index (χ2n) is 5.95. The molecule has 0 saturated carbocycles. The van der Waals surface area contributed by atoms with Crippen LogP contribution >= 0.6 is 11.6 Å². The summed E-state index contributed by atoms with van der Waals surface area (Å²) >= 11 is 6.18. The quantitative estimate of drug-likeness (QED) is 0.594. The highest BCUT2D eigenvalue weighted by molar-refractivity contribution is 6.32. The average Bonchev–Trinajstić information content (AvgIpc) is 2.65. The minimum absolute atomic E-state index is 0.0379. The number of carboxylic acid groups (broad SMARTS) is 1. The summed E-state index contributed by atoms with van der Waals surface area (Å²) in [6.07, 6.45) is 1.43. The number of nitrogens with one attached hydrogen (secondary N) is 1. The molecule has 1 aromatic heterocycles. The van der Waals surface area contributed by atoms with Gasteiger partial charge in [0, 0.05) is 6.04 Å². The van der Waals surface area contributed by atoms with Gasteiger partial charge in [-0.15, -0.1) is 0 Å². The number of aliphatic carboxylic acids is 1. The van der Waals surface area contributed by atoms with Crippen molar-refractivity contribution in [1.82, 2.24) is 9.78 Å². The van der Waals surface area contributed by atoms with Crippen molar-refractivity contribution in [3.05, 3.63) is 51.4 Å². The van der Waals surface area contributed by atoms with E-state index in [1.165, 1.54) is 10.9 Å². The van der Waals surface area contributed by atoms with Crippen LogP contribution in [0.15, 0.2) is 35.3 Å². The largest absolute Gasteiger partial charge is 0.497 e. The van der Waals surface area contributed by atoms with Gasteiger partial charge in [0.05, 0.1) is 45.2 Å². The normalized spacial score (nSPS) is 11.8. The molecule has 2 rings (SSSR count). The average molecular weight is 396 g/mol. The lowest BCUT2D eigenvalue weighted by Crippen LogP contribution is -2.28. The Kier molecular flexibility index (Phi) is 7.63. The number of hydrogen-bond donors (Lipinski definition) is 2. The van der Waals surface area contributed by atoms with Crippen molar-refractivity contribution in [3.8, 4) is 5.75 Å². The van der Waals surface area contributed by atoms with Crippen LogP contribution < -0.4 is 15.6 Å². The van der Waals surface area contributed by atoms with Crippen LogP contribution in [0, 0.1) is 0 Å². The Morgan fingerprint density at radius 1 is 1.37 bits per heavy atom. The van der Waals surface area contributed by atoms with Crippen LogP contribution in [-0.2, 0) is 16.1 Å². The minimum Gasteiger partial charge on any atom is -0.497 e. The zero-order valence-electron chi connectivity index (χ0n) is 15.1. The van der Waals surface area contributed by atoms with Gasteiger partial charge in [-0.1, -0.05) is 23.7 Å². The molecule has 0 fully saturated rings. The highest BCUT2D eigenvalue weighted by Crippen LogP contribution is 2.17. The summed E-state index contributed by atoms with van der Waals surface area (Å²) in [4.78, 5) is 22.9. The van der Waals surface area contributed by atoms with Crippen molar-refractivity contribution in [3.63, 3.8) is 0 Å². The van der Waals surface area contributed by atoms with E-state index in [1.807, 2.05) is 31.2 Å². The van der Waals surface area contributed by atoms with Gasteiger partial charge in [-0.2, -0.15) is 5.10 Å². The molecule has 9 heteroatoms. The fraction of sp³-hybridized carbons (Fsp3) is 0.389. The fourth-order valence-electron chi connectivity index (χ4n) is 2.31. The first-order valence-electron chi connectivity index (χ1n) is 8.35. The summed E-state index contributed by atoms with van der Waals surface area (Å²) in [5.41, 5.74) is 0.890. The molecule has 1 aromatic carbocycles. The SMILES string of the molecule is COc1ccc(Cn2ncc(N[C@H](C)COCCC(=O)O)c(Cl)c2=O)cc1. The molecule has 27 heavy (non-hydrogen) atoms. The van der Waals surface area contributed by atoms with E-state index in [0.29, 0.717) is 5.69 Å². The minimum atomic E-state index is -0.914. The van der Waals surface area contributed by atoms with Gasteiger partial charge in [-0.25, -0.2) is 4.68 Å². The summed E-state index contributed by atoms with van der Waals surface area (Å²) in [6.45, 7) is 2.52. The number of benzene rings is 1. The van der Waals surface area contributed by atoms with Gasteiger partial charge in [-0.3, -0.25) is 9.59 Å². The van der Waals surface area contributed by atoms with Crippen molar-refractivity contribution >= 4 is 23.3 Å². The van der Waals surface area contributed by atoms with Gasteiger partial charge in [0.2, 0.25) is 0 Å². The van der Waals surface area contributed by atoms with E-state index in [4.69, 9.17) is 26.2 Å². The molecule has 0 unspecified atom stereocenters. The standard InChI is InChI=1S/C18H22ClN3O5/c1-12(11-27-8-7-16(23)24)21-15-9-20-22(18(25)17(15)19)10-13-3-5-14(26-2)6-4-13/h3-6,9,12,21H,7-8,10-11H2,1-2H3,(H,23,24)/t12-/m1/s1. The Morgan fingerprint density at radius 2 is 2.07 bits per heavy atom. The lowest BCUT2D eigenvalue weighted by Gasteiger charge is -2.16. The molecule has 0 aliphatic heterocycles. The Bertz CT molecular complexity index is 823. The summed E-state index contributed by atoms with van der Waals surface area (Å²) < 4.78 is 11.7. The van der Waals surface area contributed by atoms with E-state index in [0.717, 1.165) is 11.3 Å². The molecule has 1 atom stereocenters. The number of anilines is 1. The molecular formula is C18H22ClN3O5. The fourth-order valence-corrected chi connectivity index (χ4v) is 2.51. The van der Waals surface area contributed by atoms with Crippen molar-refractivity contribution < 1.29 is 19.4 Å². The Labute approximate surface area is 161 Å². The zero-order valence-corrected chi connectivity index (χ0v) is 15.9. The maximum Gasteiger partial charge on any atom is 0.305 e. The third kappa shape index (κ3) is 6.26. The number of nitrogens with zero attached hydrogens (tertiary/aromatic N) is 2. The van der Waals surface area contributed by atoms with Crippen molar-refractivity contribution in [1.29, 1.82) is 0 Å². The number of methoxy groups -OCH3 is 1. The first kappa shape index (κ1) is 20.7. The maximum atomic E-state index is 12.4. The molecule has 0 aliphatic rings. The van der Waals surface area contributed by atoms with Gasteiger partial charge < -0.3 is 19.9 Å². The lowest BCUT2D eigenvalue weighted by atomic mass is 10.2. The van der Waals surface area contributed by atoms with Crippen LogP contribution in [0.1, 0.15) is 18.9 Å². The summed E-state index contributed by atoms with van der Waals surface area (Å²) in [6, 6.07) is 7.15. The molecule has 0 saturated heterocycles. The second kappa shape index (κ2) is 9.94. The number of rotatable bonds is 10. The zero-order chi connectivity index (χ0) is 19.8. The van der Waals surface area contributed by atoms with Crippen LogP contribution in [0.5, 0.6) is 5.75 Å². The molecule has 8 nitrogen and oxygen atoms in total. The summed E-state index contributed by atoms with van der Waals surface area (Å²) in [5.74, 6) is -0.181. The predicted molar refractivity (Wildman–Crippen MR) is 102 cm³/mol. The van der Waals surface area contributed by atoms with Crippen LogP contribution in [0.3, 0.4) is 0 Å². The highest BCUT2D eigenvalue weighted by atomic mass is 35.5. The third-order valence-electron chi connectivity index (χ3n) is 3.71. The smallest absolute Gasteiger partial charge is 0.305 e. The molecule has 0 spiro atoms. The first-order valence-corrected chi connectivity index (χ1v) is 8.73. The first-order chi connectivity index (χ1) is 12.9. The van der Waals surface area contributed by atoms with Crippen molar-refractivity contribution in [2.24, 2.45) is 0 Å². The number of carbonyl (C=O) groups is 1.